The zero-order valence-corrected chi connectivity index (χ0v) is 14.6. The second kappa shape index (κ2) is 7.74. The van der Waals surface area contributed by atoms with Crippen molar-refractivity contribution in [1.82, 2.24) is 19.7 Å². The molecule has 0 aliphatic carbocycles. The number of likely N-dealkylation sites (tertiary alicyclic amines) is 1. The summed E-state index contributed by atoms with van der Waals surface area (Å²) in [5.41, 5.74) is 0. The van der Waals surface area contributed by atoms with Gasteiger partial charge in [0.1, 0.15) is 11.1 Å². The molecule has 2 aliphatic rings. The Kier molecular flexibility index (Phi) is 5.22. The van der Waals surface area contributed by atoms with E-state index < -0.39 is 0 Å². The lowest BCUT2D eigenvalue weighted by Crippen LogP contribution is -2.41. The van der Waals surface area contributed by atoms with Gasteiger partial charge in [0.05, 0.1) is 12.6 Å². The van der Waals surface area contributed by atoms with Crippen molar-refractivity contribution in [3.8, 4) is 0 Å². The number of aryl methyl sites for hydroxylation is 1. The van der Waals surface area contributed by atoms with E-state index in [0.29, 0.717) is 6.04 Å². The minimum atomic E-state index is 0.174. The molecule has 0 N–H and O–H groups in total. The zero-order chi connectivity index (χ0) is 16.2. The maximum atomic E-state index is 6.20. The molecule has 0 saturated carbocycles. The third-order valence-corrected chi connectivity index (χ3v) is 5.59. The van der Waals surface area contributed by atoms with Crippen LogP contribution in [0.1, 0.15) is 24.3 Å². The fourth-order valence-corrected chi connectivity index (χ4v) is 4.37. The predicted octanol–water partition coefficient (Wildman–Crippen LogP) is 2.18. The molecule has 2 aromatic heterocycles. The fourth-order valence-electron chi connectivity index (χ4n) is 3.73. The van der Waals surface area contributed by atoms with Crippen LogP contribution in [0.15, 0.2) is 30.0 Å². The van der Waals surface area contributed by atoms with E-state index in [4.69, 9.17) is 9.47 Å². The predicted molar refractivity (Wildman–Crippen MR) is 91.9 cm³/mol. The smallest absolute Gasteiger partial charge is 0.107 e. The van der Waals surface area contributed by atoms with Gasteiger partial charge in [-0.3, -0.25) is 9.58 Å². The van der Waals surface area contributed by atoms with E-state index >= 15 is 0 Å². The molecule has 0 unspecified atom stereocenters. The maximum Gasteiger partial charge on any atom is 0.107 e. The molecule has 24 heavy (non-hydrogen) atoms. The number of aromatic nitrogens is 3. The highest BCUT2D eigenvalue weighted by Crippen LogP contribution is 2.32. The Labute approximate surface area is 146 Å². The largest absolute Gasteiger partial charge is 0.374 e. The average molecular weight is 348 g/mol. The van der Waals surface area contributed by atoms with Crippen LogP contribution < -0.4 is 0 Å². The lowest BCUT2D eigenvalue weighted by molar-refractivity contribution is -0.0780. The van der Waals surface area contributed by atoms with E-state index in [0.717, 1.165) is 45.7 Å². The fraction of sp³-hybridized carbons (Fsp3) is 0.647. The van der Waals surface area contributed by atoms with Gasteiger partial charge in [0, 0.05) is 56.3 Å². The summed E-state index contributed by atoms with van der Waals surface area (Å²) in [4.78, 5) is 6.93. The van der Waals surface area contributed by atoms with Crippen LogP contribution in [-0.2, 0) is 22.6 Å². The first-order chi connectivity index (χ1) is 11.9. The van der Waals surface area contributed by atoms with Gasteiger partial charge in [-0.05, 0) is 25.3 Å². The Bertz CT molecular complexity index is 604. The van der Waals surface area contributed by atoms with Crippen LogP contribution in [0.5, 0.6) is 0 Å². The third kappa shape index (κ3) is 3.69. The molecular weight excluding hydrogens is 324 g/mol. The molecular formula is C17H24N4O2S. The minimum Gasteiger partial charge on any atom is -0.374 e. The molecule has 130 valence electrons. The van der Waals surface area contributed by atoms with Crippen molar-refractivity contribution in [2.24, 2.45) is 0 Å². The summed E-state index contributed by atoms with van der Waals surface area (Å²) in [6, 6.07) is 2.42. The van der Waals surface area contributed by atoms with Gasteiger partial charge < -0.3 is 9.47 Å². The van der Waals surface area contributed by atoms with E-state index in [1.807, 2.05) is 34.7 Å². The molecule has 4 rings (SSSR count). The van der Waals surface area contributed by atoms with E-state index in [2.05, 4.69) is 15.0 Å². The van der Waals surface area contributed by atoms with Crippen LogP contribution in [0.3, 0.4) is 0 Å². The zero-order valence-electron chi connectivity index (χ0n) is 13.8. The molecule has 0 amide bonds. The number of ether oxygens (including phenoxy) is 2. The molecule has 4 heterocycles. The highest BCUT2D eigenvalue weighted by Gasteiger charge is 2.44. The summed E-state index contributed by atoms with van der Waals surface area (Å²) in [7, 11) is 0. The first-order valence-electron chi connectivity index (χ1n) is 8.73. The van der Waals surface area contributed by atoms with E-state index in [9.17, 15) is 0 Å². The van der Waals surface area contributed by atoms with Crippen LogP contribution in [0.4, 0.5) is 0 Å². The standard InChI is InChI=1S/C17H24N4O2S/c1-4-14-17(23-9-1)15(12-20(14)13-16-18-6-11-24-16)22-10-3-8-21-7-2-5-19-21/h2,5-7,11,14-15,17H,1,3-4,8-10,12-13H2/t14-,15+,17+/m0/s1. The van der Waals surface area contributed by atoms with Crippen LogP contribution in [0.2, 0.25) is 0 Å². The Morgan fingerprint density at radius 1 is 1.38 bits per heavy atom. The molecule has 2 aromatic rings. The lowest BCUT2D eigenvalue weighted by atomic mass is 10.0. The van der Waals surface area contributed by atoms with Crippen LogP contribution in [-0.4, -0.2) is 57.7 Å². The van der Waals surface area contributed by atoms with Crippen molar-refractivity contribution >= 4 is 11.3 Å². The van der Waals surface area contributed by atoms with E-state index in [1.165, 1.54) is 11.4 Å². The van der Waals surface area contributed by atoms with Crippen molar-refractivity contribution < 1.29 is 9.47 Å². The van der Waals surface area contributed by atoms with Crippen molar-refractivity contribution in [2.75, 3.05) is 19.8 Å². The molecule has 0 aromatic carbocycles. The second-order valence-electron chi connectivity index (χ2n) is 6.43. The molecule has 7 heteroatoms. The average Bonchev–Trinajstić information content (AvgIpc) is 3.35. The van der Waals surface area contributed by atoms with Gasteiger partial charge in [0.15, 0.2) is 0 Å². The molecule has 2 fully saturated rings. The molecule has 3 atom stereocenters. The first-order valence-corrected chi connectivity index (χ1v) is 9.61. The van der Waals surface area contributed by atoms with Gasteiger partial charge in [-0.1, -0.05) is 0 Å². The van der Waals surface area contributed by atoms with Crippen LogP contribution >= 0.6 is 11.3 Å². The minimum absolute atomic E-state index is 0.174. The third-order valence-electron chi connectivity index (χ3n) is 4.83. The first kappa shape index (κ1) is 16.2. The summed E-state index contributed by atoms with van der Waals surface area (Å²) < 4.78 is 14.2. The summed E-state index contributed by atoms with van der Waals surface area (Å²) in [6.45, 7) is 4.37. The molecule has 0 bridgehead atoms. The lowest BCUT2D eigenvalue weighted by Gasteiger charge is -2.32. The Morgan fingerprint density at radius 2 is 2.38 bits per heavy atom. The number of hydrogen-bond acceptors (Lipinski definition) is 6. The van der Waals surface area contributed by atoms with Gasteiger partial charge >= 0.3 is 0 Å². The molecule has 0 radical (unpaired) electrons. The van der Waals surface area contributed by atoms with Gasteiger partial charge in [-0.15, -0.1) is 11.3 Å². The number of nitrogens with zero attached hydrogens (tertiary/aromatic N) is 4. The van der Waals surface area contributed by atoms with Gasteiger partial charge in [-0.2, -0.15) is 5.10 Å². The molecule has 2 aliphatic heterocycles. The second-order valence-corrected chi connectivity index (χ2v) is 7.41. The maximum absolute atomic E-state index is 6.20. The van der Waals surface area contributed by atoms with Gasteiger partial charge in [0.25, 0.3) is 0 Å². The van der Waals surface area contributed by atoms with Gasteiger partial charge in [0.2, 0.25) is 0 Å². The summed E-state index contributed by atoms with van der Waals surface area (Å²) in [5.74, 6) is 0. The van der Waals surface area contributed by atoms with Gasteiger partial charge in [-0.25, -0.2) is 4.98 Å². The normalized spacial score (nSPS) is 27.4. The summed E-state index contributed by atoms with van der Waals surface area (Å²) in [6.07, 6.45) is 9.39. The Morgan fingerprint density at radius 3 is 3.21 bits per heavy atom. The molecule has 0 spiro atoms. The topological polar surface area (TPSA) is 52.4 Å². The van der Waals surface area contributed by atoms with Crippen LogP contribution in [0, 0.1) is 0 Å². The number of rotatable bonds is 7. The summed E-state index contributed by atoms with van der Waals surface area (Å²) >= 11 is 1.73. The number of fused-ring (bicyclic) bond motifs is 1. The summed E-state index contributed by atoms with van der Waals surface area (Å²) in [5, 5.41) is 7.45. The van der Waals surface area contributed by atoms with Crippen molar-refractivity contribution in [3.63, 3.8) is 0 Å². The SMILES string of the molecule is c1cnn(CCCO[C@@H]2CN(Cc3nccs3)[C@H]3CCCO[C@@H]23)c1. The quantitative estimate of drug-likeness (QED) is 0.718. The van der Waals surface area contributed by atoms with Crippen molar-refractivity contribution in [1.29, 1.82) is 0 Å². The Hall–Kier alpha value is -1.28. The van der Waals surface area contributed by atoms with Crippen molar-refractivity contribution in [2.45, 2.75) is 50.6 Å². The Balaban J connectivity index is 1.30. The molecule has 2 saturated heterocycles. The highest BCUT2D eigenvalue weighted by atomic mass is 32.1. The van der Waals surface area contributed by atoms with E-state index in [1.54, 1.807) is 11.3 Å². The monoisotopic (exact) mass is 348 g/mol. The number of hydrogen-bond donors (Lipinski definition) is 0. The van der Waals surface area contributed by atoms with Crippen molar-refractivity contribution in [3.05, 3.63) is 35.0 Å². The van der Waals surface area contributed by atoms with Crippen LogP contribution in [0.25, 0.3) is 0 Å². The highest BCUT2D eigenvalue weighted by molar-refractivity contribution is 7.09. The number of thiazole rings is 1. The molecule has 6 nitrogen and oxygen atoms in total. The van der Waals surface area contributed by atoms with E-state index in [-0.39, 0.29) is 12.2 Å².